The molecule has 0 saturated heterocycles. The van der Waals surface area contributed by atoms with Crippen LogP contribution in [0.25, 0.3) is 0 Å². The van der Waals surface area contributed by atoms with E-state index in [1.807, 2.05) is 0 Å². The van der Waals surface area contributed by atoms with Crippen LogP contribution in [0, 0.1) is 16.7 Å². The number of hydrogen-bond acceptors (Lipinski definition) is 3. The molecule has 3 aliphatic rings. The molecular weight excluding hydrogens is 190 g/mol. The second-order valence-electron chi connectivity index (χ2n) is 5.81. The van der Waals surface area contributed by atoms with E-state index >= 15 is 0 Å². The quantitative estimate of drug-likeness (QED) is 0.568. The summed E-state index contributed by atoms with van der Waals surface area (Å²) in [6.07, 6.45) is 2.35. The Balaban J connectivity index is 2.12. The SMILES string of the molecule is CC1(C)[C@@H]2CC[C@@]1(C)C1=NCC(=O)O[C@@H]12. The van der Waals surface area contributed by atoms with E-state index in [0.29, 0.717) is 5.92 Å². The summed E-state index contributed by atoms with van der Waals surface area (Å²) in [6.45, 7) is 7.09. The van der Waals surface area contributed by atoms with E-state index in [1.54, 1.807) is 0 Å². The van der Waals surface area contributed by atoms with E-state index in [-0.39, 0.29) is 29.4 Å². The van der Waals surface area contributed by atoms with Crippen LogP contribution in [0.3, 0.4) is 0 Å². The summed E-state index contributed by atoms with van der Waals surface area (Å²) >= 11 is 0. The molecule has 0 N–H and O–H groups in total. The van der Waals surface area contributed by atoms with E-state index in [1.165, 1.54) is 12.8 Å². The summed E-state index contributed by atoms with van der Waals surface area (Å²) < 4.78 is 5.48. The van der Waals surface area contributed by atoms with Gasteiger partial charge in [-0.3, -0.25) is 9.79 Å². The minimum atomic E-state index is -0.157. The van der Waals surface area contributed by atoms with Crippen molar-refractivity contribution in [1.82, 2.24) is 0 Å². The lowest BCUT2D eigenvalue weighted by atomic mass is 9.70. The molecule has 3 rings (SSSR count). The average Bonchev–Trinajstić information content (AvgIpc) is 2.47. The highest BCUT2D eigenvalue weighted by Crippen LogP contribution is 2.65. The molecule has 0 amide bonds. The largest absolute Gasteiger partial charge is 0.454 e. The lowest BCUT2D eigenvalue weighted by molar-refractivity contribution is -0.147. The zero-order valence-corrected chi connectivity index (χ0v) is 9.54. The Morgan fingerprint density at radius 1 is 1.40 bits per heavy atom. The highest BCUT2D eigenvalue weighted by molar-refractivity contribution is 6.02. The molecule has 0 aromatic heterocycles. The zero-order valence-electron chi connectivity index (χ0n) is 9.54. The Kier molecular flexibility index (Phi) is 1.53. The standard InChI is InChI=1S/C12H17NO2/c1-11(2)7-4-5-12(11,3)10-9(7)15-8(14)6-13-10/h7,9H,4-6H2,1-3H3/t7-,9-,12+/m1/s1. The molecule has 15 heavy (non-hydrogen) atoms. The molecule has 2 bridgehead atoms. The Morgan fingerprint density at radius 2 is 2.13 bits per heavy atom. The minimum absolute atomic E-state index is 0.0139. The fourth-order valence-electron chi connectivity index (χ4n) is 3.76. The van der Waals surface area contributed by atoms with E-state index in [0.717, 1.165) is 5.71 Å². The van der Waals surface area contributed by atoms with Gasteiger partial charge < -0.3 is 4.74 Å². The van der Waals surface area contributed by atoms with Gasteiger partial charge in [-0.25, -0.2) is 0 Å². The molecule has 2 saturated carbocycles. The van der Waals surface area contributed by atoms with Crippen molar-refractivity contribution in [3.05, 3.63) is 0 Å². The third-order valence-electron chi connectivity index (χ3n) is 5.14. The van der Waals surface area contributed by atoms with Crippen molar-refractivity contribution < 1.29 is 9.53 Å². The van der Waals surface area contributed by atoms with Gasteiger partial charge in [-0.05, 0) is 18.3 Å². The summed E-state index contributed by atoms with van der Waals surface area (Å²) in [5.41, 5.74) is 1.54. The number of fused-ring (bicyclic) bond motifs is 5. The van der Waals surface area contributed by atoms with Gasteiger partial charge in [-0.1, -0.05) is 20.8 Å². The highest BCUT2D eigenvalue weighted by Gasteiger charge is 2.66. The van der Waals surface area contributed by atoms with E-state index in [9.17, 15) is 4.79 Å². The number of hydrogen-bond donors (Lipinski definition) is 0. The van der Waals surface area contributed by atoms with Crippen LogP contribution in [0.1, 0.15) is 33.6 Å². The monoisotopic (exact) mass is 207 g/mol. The van der Waals surface area contributed by atoms with Gasteiger partial charge in [0.1, 0.15) is 12.6 Å². The summed E-state index contributed by atoms with van der Waals surface area (Å²) in [5, 5.41) is 0. The molecule has 2 aliphatic carbocycles. The molecule has 3 heteroatoms. The van der Waals surface area contributed by atoms with Gasteiger partial charge >= 0.3 is 5.97 Å². The predicted octanol–water partition coefficient (Wildman–Crippen LogP) is 1.81. The first-order valence-electron chi connectivity index (χ1n) is 5.71. The predicted molar refractivity (Wildman–Crippen MR) is 56.8 cm³/mol. The summed E-state index contributed by atoms with van der Waals surface area (Å²) in [4.78, 5) is 15.7. The zero-order chi connectivity index (χ0) is 10.8. The van der Waals surface area contributed by atoms with Gasteiger partial charge in [0.2, 0.25) is 0 Å². The van der Waals surface area contributed by atoms with Gasteiger partial charge in [-0.2, -0.15) is 0 Å². The number of carbonyl (C=O) groups excluding carboxylic acids is 1. The maximum Gasteiger partial charge on any atom is 0.328 e. The number of rotatable bonds is 0. The Morgan fingerprint density at radius 3 is 2.87 bits per heavy atom. The first-order chi connectivity index (χ1) is 6.97. The van der Waals surface area contributed by atoms with Gasteiger partial charge in [0, 0.05) is 11.3 Å². The number of aliphatic imine (C=N–C) groups is 1. The first kappa shape index (κ1) is 9.37. The first-order valence-corrected chi connectivity index (χ1v) is 5.71. The van der Waals surface area contributed by atoms with Crippen molar-refractivity contribution in [3.8, 4) is 0 Å². The van der Waals surface area contributed by atoms with E-state index < -0.39 is 0 Å². The maximum atomic E-state index is 11.3. The van der Waals surface area contributed by atoms with Crippen molar-refractivity contribution >= 4 is 11.7 Å². The molecule has 1 aliphatic heterocycles. The van der Waals surface area contributed by atoms with Crippen LogP contribution in [0.15, 0.2) is 4.99 Å². The summed E-state index contributed by atoms with van der Waals surface area (Å²) in [6, 6.07) is 0. The van der Waals surface area contributed by atoms with Crippen LogP contribution >= 0.6 is 0 Å². The van der Waals surface area contributed by atoms with Crippen LogP contribution < -0.4 is 0 Å². The van der Waals surface area contributed by atoms with Gasteiger partial charge in [0.25, 0.3) is 0 Å². The van der Waals surface area contributed by atoms with Crippen LogP contribution in [0.5, 0.6) is 0 Å². The van der Waals surface area contributed by atoms with E-state index in [4.69, 9.17) is 4.74 Å². The molecular formula is C12H17NO2. The number of carbonyl (C=O) groups is 1. The second kappa shape index (κ2) is 2.45. The van der Waals surface area contributed by atoms with E-state index in [2.05, 4.69) is 25.8 Å². The van der Waals surface area contributed by atoms with Crippen LogP contribution in [0.4, 0.5) is 0 Å². The summed E-state index contributed by atoms with van der Waals surface area (Å²) in [7, 11) is 0. The minimum Gasteiger partial charge on any atom is -0.454 e. The van der Waals surface area contributed by atoms with Crippen LogP contribution in [0.2, 0.25) is 0 Å². The molecule has 0 aromatic rings. The van der Waals surface area contributed by atoms with Crippen LogP contribution in [-0.4, -0.2) is 24.3 Å². The van der Waals surface area contributed by atoms with Crippen molar-refractivity contribution in [3.63, 3.8) is 0 Å². The molecule has 2 fully saturated rings. The summed E-state index contributed by atoms with van der Waals surface area (Å²) in [5.74, 6) is 0.321. The number of nitrogens with zero attached hydrogens (tertiary/aromatic N) is 1. The fraction of sp³-hybridized carbons (Fsp3) is 0.833. The highest BCUT2D eigenvalue weighted by atomic mass is 16.5. The lowest BCUT2D eigenvalue weighted by Gasteiger charge is -2.34. The average molecular weight is 207 g/mol. The van der Waals surface area contributed by atoms with Crippen molar-refractivity contribution in [2.45, 2.75) is 39.7 Å². The van der Waals surface area contributed by atoms with Crippen molar-refractivity contribution in [2.75, 3.05) is 6.54 Å². The molecule has 3 nitrogen and oxygen atoms in total. The Bertz CT molecular complexity index is 372. The smallest absolute Gasteiger partial charge is 0.328 e. The Hall–Kier alpha value is -0.860. The normalized spacial score (nSPS) is 46.1. The lowest BCUT2D eigenvalue weighted by Crippen LogP contribution is -2.41. The molecule has 3 atom stereocenters. The van der Waals surface area contributed by atoms with Gasteiger partial charge in [0.15, 0.2) is 0 Å². The fourth-order valence-corrected chi connectivity index (χ4v) is 3.76. The van der Waals surface area contributed by atoms with Gasteiger partial charge in [-0.15, -0.1) is 0 Å². The second-order valence-corrected chi connectivity index (χ2v) is 5.81. The number of ether oxygens (including phenoxy) is 1. The van der Waals surface area contributed by atoms with Crippen molar-refractivity contribution in [2.24, 2.45) is 21.7 Å². The molecule has 0 spiro atoms. The number of esters is 1. The topological polar surface area (TPSA) is 38.7 Å². The Labute approximate surface area is 89.9 Å². The van der Waals surface area contributed by atoms with Crippen LogP contribution in [-0.2, 0) is 9.53 Å². The third-order valence-corrected chi connectivity index (χ3v) is 5.14. The van der Waals surface area contributed by atoms with Gasteiger partial charge in [0.05, 0.1) is 5.71 Å². The molecule has 82 valence electrons. The molecule has 0 aromatic carbocycles. The third kappa shape index (κ3) is 0.876. The van der Waals surface area contributed by atoms with Crippen molar-refractivity contribution in [1.29, 1.82) is 0 Å². The molecule has 0 unspecified atom stereocenters. The molecule has 1 heterocycles. The maximum absolute atomic E-state index is 11.3. The molecule has 0 radical (unpaired) electrons.